The lowest BCUT2D eigenvalue weighted by molar-refractivity contribution is 0.300. The highest BCUT2D eigenvalue weighted by molar-refractivity contribution is 5.72. The molecule has 0 radical (unpaired) electrons. The second kappa shape index (κ2) is 7.75. The molecule has 0 aliphatic carbocycles. The van der Waals surface area contributed by atoms with Gasteiger partial charge >= 0.3 is 5.69 Å². The molecule has 8 heteroatoms. The van der Waals surface area contributed by atoms with E-state index in [1.54, 1.807) is 17.6 Å². The minimum Gasteiger partial charge on any atom is -0.492 e. The molecular weight excluding hydrogens is 375 g/mol. The van der Waals surface area contributed by atoms with Crippen LogP contribution in [0.5, 0.6) is 5.75 Å². The largest absolute Gasteiger partial charge is 0.492 e. The number of aromatic nitrogens is 4. The van der Waals surface area contributed by atoms with Crippen LogP contribution in [-0.4, -0.2) is 25.3 Å². The molecule has 0 amide bonds. The zero-order chi connectivity index (χ0) is 20.4. The van der Waals surface area contributed by atoms with Crippen LogP contribution in [0.2, 0.25) is 0 Å². The first-order valence-electron chi connectivity index (χ1n) is 9.24. The van der Waals surface area contributed by atoms with E-state index in [0.717, 1.165) is 10.3 Å². The van der Waals surface area contributed by atoms with Gasteiger partial charge in [-0.2, -0.15) is 0 Å². The smallest absolute Gasteiger partial charge is 0.337 e. The SMILES string of the molecule is CCn1c(=O)c2c(ncn2CCOc2ccccc2)n(-c2cccc(F)c2)c1=O. The van der Waals surface area contributed by atoms with Gasteiger partial charge in [-0.25, -0.2) is 18.7 Å². The summed E-state index contributed by atoms with van der Waals surface area (Å²) in [6.45, 7) is 2.59. The van der Waals surface area contributed by atoms with Gasteiger partial charge in [0, 0.05) is 6.54 Å². The summed E-state index contributed by atoms with van der Waals surface area (Å²) in [6.07, 6.45) is 1.50. The van der Waals surface area contributed by atoms with Crippen LogP contribution in [0.4, 0.5) is 4.39 Å². The van der Waals surface area contributed by atoms with Gasteiger partial charge in [0.2, 0.25) is 0 Å². The van der Waals surface area contributed by atoms with Crippen molar-refractivity contribution in [3.63, 3.8) is 0 Å². The third-order valence-corrected chi connectivity index (χ3v) is 4.63. The maximum Gasteiger partial charge on any atom is 0.337 e. The van der Waals surface area contributed by atoms with E-state index in [2.05, 4.69) is 4.98 Å². The average molecular weight is 394 g/mol. The van der Waals surface area contributed by atoms with Crippen LogP contribution in [0.3, 0.4) is 0 Å². The van der Waals surface area contributed by atoms with Crippen molar-refractivity contribution in [3.8, 4) is 11.4 Å². The Morgan fingerprint density at radius 1 is 1.07 bits per heavy atom. The molecule has 7 nitrogen and oxygen atoms in total. The summed E-state index contributed by atoms with van der Waals surface area (Å²) in [5, 5.41) is 0. The molecule has 0 spiro atoms. The van der Waals surface area contributed by atoms with Crippen LogP contribution in [0, 0.1) is 5.82 Å². The summed E-state index contributed by atoms with van der Waals surface area (Å²) in [4.78, 5) is 30.1. The number of hydrogen-bond acceptors (Lipinski definition) is 4. The summed E-state index contributed by atoms with van der Waals surface area (Å²) in [6, 6.07) is 15.0. The fraction of sp³-hybridized carbons (Fsp3) is 0.190. The summed E-state index contributed by atoms with van der Waals surface area (Å²) in [5.41, 5.74) is -0.214. The zero-order valence-electron chi connectivity index (χ0n) is 15.8. The number of para-hydroxylation sites is 1. The molecule has 4 aromatic rings. The van der Waals surface area contributed by atoms with Crippen molar-refractivity contribution in [2.24, 2.45) is 0 Å². The number of ether oxygens (including phenoxy) is 1. The number of halogens is 1. The van der Waals surface area contributed by atoms with E-state index >= 15 is 0 Å². The fourth-order valence-corrected chi connectivity index (χ4v) is 3.25. The Morgan fingerprint density at radius 3 is 2.59 bits per heavy atom. The highest BCUT2D eigenvalue weighted by atomic mass is 19.1. The van der Waals surface area contributed by atoms with E-state index in [-0.39, 0.29) is 17.7 Å². The Balaban J connectivity index is 1.79. The predicted molar refractivity (Wildman–Crippen MR) is 107 cm³/mol. The van der Waals surface area contributed by atoms with Gasteiger partial charge in [-0.05, 0) is 37.3 Å². The molecule has 2 aromatic heterocycles. The normalized spacial score (nSPS) is 11.1. The minimum atomic E-state index is -0.554. The molecule has 0 saturated carbocycles. The van der Waals surface area contributed by atoms with E-state index in [4.69, 9.17) is 4.74 Å². The van der Waals surface area contributed by atoms with Crippen LogP contribution in [0.15, 0.2) is 70.5 Å². The van der Waals surface area contributed by atoms with E-state index in [1.165, 1.54) is 29.1 Å². The van der Waals surface area contributed by atoms with Gasteiger partial charge in [0.15, 0.2) is 11.2 Å². The van der Waals surface area contributed by atoms with E-state index in [9.17, 15) is 14.0 Å². The van der Waals surface area contributed by atoms with Crippen LogP contribution < -0.4 is 16.0 Å². The molecule has 29 heavy (non-hydrogen) atoms. The first-order valence-corrected chi connectivity index (χ1v) is 9.24. The lowest BCUT2D eigenvalue weighted by atomic mass is 10.3. The number of fused-ring (bicyclic) bond motifs is 1. The first kappa shape index (κ1) is 18.7. The van der Waals surface area contributed by atoms with Gasteiger partial charge in [-0.15, -0.1) is 0 Å². The molecule has 2 aromatic carbocycles. The monoisotopic (exact) mass is 394 g/mol. The Hall–Kier alpha value is -3.68. The molecule has 0 aliphatic rings. The predicted octanol–water partition coefficient (Wildman–Crippen LogP) is 2.59. The second-order valence-corrected chi connectivity index (χ2v) is 6.42. The van der Waals surface area contributed by atoms with Gasteiger partial charge in [-0.3, -0.25) is 9.36 Å². The van der Waals surface area contributed by atoms with Gasteiger partial charge in [0.05, 0.1) is 18.6 Å². The quantitative estimate of drug-likeness (QED) is 0.504. The number of hydrogen-bond donors (Lipinski definition) is 0. The molecule has 0 bridgehead atoms. The van der Waals surface area contributed by atoms with E-state index in [0.29, 0.717) is 18.8 Å². The van der Waals surface area contributed by atoms with Crippen molar-refractivity contribution in [2.75, 3.05) is 6.61 Å². The molecule has 2 heterocycles. The Labute approximate surface area is 165 Å². The third-order valence-electron chi connectivity index (χ3n) is 4.63. The molecule has 0 unspecified atom stereocenters. The van der Waals surface area contributed by atoms with E-state index < -0.39 is 17.1 Å². The van der Waals surface area contributed by atoms with Crippen molar-refractivity contribution in [1.29, 1.82) is 0 Å². The van der Waals surface area contributed by atoms with Crippen molar-refractivity contribution in [2.45, 2.75) is 20.0 Å². The molecule has 0 N–H and O–H groups in total. The summed E-state index contributed by atoms with van der Waals surface area (Å²) in [7, 11) is 0. The Morgan fingerprint density at radius 2 is 1.86 bits per heavy atom. The molecule has 0 fully saturated rings. The van der Waals surface area contributed by atoms with Crippen molar-refractivity contribution in [3.05, 3.63) is 87.6 Å². The Kier molecular flexibility index (Phi) is 4.99. The standard InChI is InChI=1S/C21H19FN4O3/c1-2-25-20(27)18-19(26(21(25)28)16-8-6-7-15(22)13-16)23-14-24(18)11-12-29-17-9-4-3-5-10-17/h3-10,13-14H,2,11-12H2,1H3. The van der Waals surface area contributed by atoms with Crippen LogP contribution in [-0.2, 0) is 13.1 Å². The van der Waals surface area contributed by atoms with Crippen molar-refractivity contribution < 1.29 is 9.13 Å². The van der Waals surface area contributed by atoms with Gasteiger partial charge < -0.3 is 9.30 Å². The Bertz CT molecular complexity index is 1270. The van der Waals surface area contributed by atoms with Crippen LogP contribution in [0.1, 0.15) is 6.92 Å². The maximum atomic E-state index is 13.8. The number of benzene rings is 2. The van der Waals surface area contributed by atoms with Gasteiger partial charge in [-0.1, -0.05) is 24.3 Å². The average Bonchev–Trinajstić information content (AvgIpc) is 3.13. The zero-order valence-corrected chi connectivity index (χ0v) is 15.8. The first-order chi connectivity index (χ1) is 14.1. The van der Waals surface area contributed by atoms with Gasteiger partial charge in [0.25, 0.3) is 5.56 Å². The summed E-state index contributed by atoms with van der Waals surface area (Å²) in [5.74, 6) is 0.243. The molecule has 148 valence electrons. The lowest BCUT2D eigenvalue weighted by Crippen LogP contribution is -2.39. The number of rotatable bonds is 6. The summed E-state index contributed by atoms with van der Waals surface area (Å²) < 4.78 is 23.5. The number of nitrogens with zero attached hydrogens (tertiary/aromatic N) is 4. The molecule has 0 aliphatic heterocycles. The van der Waals surface area contributed by atoms with Gasteiger partial charge in [0.1, 0.15) is 18.2 Å². The van der Waals surface area contributed by atoms with Crippen LogP contribution >= 0.6 is 0 Å². The second-order valence-electron chi connectivity index (χ2n) is 6.42. The van der Waals surface area contributed by atoms with Crippen molar-refractivity contribution >= 4 is 11.2 Å². The fourth-order valence-electron chi connectivity index (χ4n) is 3.25. The highest BCUT2D eigenvalue weighted by Crippen LogP contribution is 2.15. The van der Waals surface area contributed by atoms with E-state index in [1.807, 2.05) is 30.3 Å². The third kappa shape index (κ3) is 3.44. The van der Waals surface area contributed by atoms with Crippen molar-refractivity contribution in [1.82, 2.24) is 18.7 Å². The highest BCUT2D eigenvalue weighted by Gasteiger charge is 2.18. The van der Waals surface area contributed by atoms with Crippen LogP contribution in [0.25, 0.3) is 16.9 Å². The molecular formula is C21H19FN4O3. The maximum absolute atomic E-state index is 13.8. The lowest BCUT2D eigenvalue weighted by Gasteiger charge is -2.12. The minimum absolute atomic E-state index is 0.189. The molecule has 0 atom stereocenters. The molecule has 0 saturated heterocycles. The number of imidazole rings is 1. The molecule has 4 rings (SSSR count). The topological polar surface area (TPSA) is 71.0 Å². The summed E-state index contributed by atoms with van der Waals surface area (Å²) >= 11 is 0.